The average molecular weight is 166 g/mol. The van der Waals surface area contributed by atoms with Crippen molar-refractivity contribution in [3.8, 4) is 0 Å². The second-order valence-electron chi connectivity index (χ2n) is 2.65. The van der Waals surface area contributed by atoms with Gasteiger partial charge in [0.25, 0.3) is 0 Å². The molecule has 1 fully saturated rings. The second-order valence-corrected chi connectivity index (χ2v) is 2.65. The van der Waals surface area contributed by atoms with Crippen LogP contribution in [0.2, 0.25) is 0 Å². The Morgan fingerprint density at radius 3 is 2.64 bits per heavy atom. The fourth-order valence-electron chi connectivity index (χ4n) is 1.08. The van der Waals surface area contributed by atoms with E-state index < -0.39 is 24.6 Å². The third-order valence-electron chi connectivity index (χ3n) is 1.77. The zero-order valence-electron chi connectivity index (χ0n) is 6.11. The van der Waals surface area contributed by atoms with Crippen LogP contribution in [0.15, 0.2) is 0 Å². The molecular weight excluding hydrogens is 155 g/mol. The molecule has 66 valence electrons. The number of ether oxygens (including phenoxy) is 1. The van der Waals surface area contributed by atoms with Crippen molar-refractivity contribution >= 4 is 0 Å². The molecule has 1 saturated heterocycles. The van der Waals surface area contributed by atoms with E-state index in [1.54, 1.807) is 6.92 Å². The highest BCUT2D eigenvalue weighted by Crippen LogP contribution is 2.20. The van der Waals surface area contributed by atoms with Crippen molar-refractivity contribution < 1.29 is 24.4 Å². The Bertz CT molecular complexity index is 120. The van der Waals surface area contributed by atoms with Gasteiger partial charge in [0.05, 0.1) is 12.2 Å². The van der Waals surface area contributed by atoms with E-state index in [1.165, 1.54) is 0 Å². The van der Waals surface area contributed by atoms with Crippen LogP contribution >= 0.6 is 0 Å². The third-order valence-corrected chi connectivity index (χ3v) is 1.77. The SMILES string of the molecule is C[C@H]1OC(OF)C[C@H](O)[C@@H]1O. The number of rotatable bonds is 1. The predicted octanol–water partition coefficient (Wildman–Crippen LogP) is -0.256. The summed E-state index contributed by atoms with van der Waals surface area (Å²) in [6.45, 7) is 1.54. The Morgan fingerprint density at radius 2 is 2.18 bits per heavy atom. The topological polar surface area (TPSA) is 58.9 Å². The lowest BCUT2D eigenvalue weighted by Crippen LogP contribution is -2.46. The van der Waals surface area contributed by atoms with Crippen LogP contribution < -0.4 is 0 Å². The molecule has 1 rings (SSSR count). The minimum absolute atomic E-state index is 0.0397. The summed E-state index contributed by atoms with van der Waals surface area (Å²) in [7, 11) is 0. The lowest BCUT2D eigenvalue weighted by molar-refractivity contribution is -0.323. The molecule has 0 radical (unpaired) electrons. The maximum Gasteiger partial charge on any atom is 0.199 e. The van der Waals surface area contributed by atoms with Crippen molar-refractivity contribution in [2.75, 3.05) is 0 Å². The summed E-state index contributed by atoms with van der Waals surface area (Å²) >= 11 is 0. The van der Waals surface area contributed by atoms with E-state index in [1.807, 2.05) is 0 Å². The van der Waals surface area contributed by atoms with Gasteiger partial charge in [0.1, 0.15) is 6.10 Å². The number of hydrogen-bond acceptors (Lipinski definition) is 4. The second kappa shape index (κ2) is 3.44. The van der Waals surface area contributed by atoms with Gasteiger partial charge in [-0.1, -0.05) is 0 Å². The lowest BCUT2D eigenvalue weighted by atomic mass is 10.0. The molecule has 0 aromatic carbocycles. The minimum Gasteiger partial charge on any atom is -0.390 e. The van der Waals surface area contributed by atoms with Crippen molar-refractivity contribution in [3.63, 3.8) is 0 Å². The Morgan fingerprint density at radius 1 is 1.55 bits per heavy atom. The molecule has 1 heterocycles. The molecule has 0 aromatic heterocycles. The Labute approximate surface area is 63.4 Å². The Kier molecular flexibility index (Phi) is 2.78. The van der Waals surface area contributed by atoms with Crippen LogP contribution in [0.25, 0.3) is 0 Å². The van der Waals surface area contributed by atoms with Crippen LogP contribution in [-0.4, -0.2) is 34.8 Å². The first-order chi connectivity index (χ1) is 5.15. The van der Waals surface area contributed by atoms with Gasteiger partial charge in [0.15, 0.2) is 6.29 Å². The standard InChI is InChI=1S/C6H11FO4/c1-3-6(9)4(8)2-5(10-3)11-7/h3-6,8-9H,2H2,1H3/t3-,4+,5?,6-/m1/s1. The van der Waals surface area contributed by atoms with Gasteiger partial charge < -0.3 is 14.9 Å². The molecule has 2 N–H and O–H groups in total. The molecule has 1 unspecified atom stereocenters. The zero-order valence-corrected chi connectivity index (χ0v) is 6.11. The van der Waals surface area contributed by atoms with Gasteiger partial charge in [-0.15, -0.1) is 0 Å². The van der Waals surface area contributed by atoms with Crippen molar-refractivity contribution in [1.29, 1.82) is 0 Å². The van der Waals surface area contributed by atoms with Gasteiger partial charge in [-0.05, 0) is 11.4 Å². The molecule has 1 aliphatic rings. The van der Waals surface area contributed by atoms with E-state index in [2.05, 4.69) is 4.94 Å². The van der Waals surface area contributed by atoms with Crippen LogP contribution in [0.1, 0.15) is 13.3 Å². The highest BCUT2D eigenvalue weighted by molar-refractivity contribution is 4.79. The van der Waals surface area contributed by atoms with Gasteiger partial charge in [0.2, 0.25) is 0 Å². The summed E-state index contributed by atoms with van der Waals surface area (Å²) in [6, 6.07) is 0. The molecule has 0 saturated carbocycles. The average Bonchev–Trinajstić information content (AvgIpc) is 1.99. The normalized spacial score (nSPS) is 45.8. The number of hydrogen-bond donors (Lipinski definition) is 2. The summed E-state index contributed by atoms with van der Waals surface area (Å²) in [5.41, 5.74) is 0. The maximum atomic E-state index is 11.5. The largest absolute Gasteiger partial charge is 0.390 e. The molecule has 11 heavy (non-hydrogen) atoms. The van der Waals surface area contributed by atoms with Crippen LogP contribution in [0.3, 0.4) is 0 Å². The molecule has 4 nitrogen and oxygen atoms in total. The molecule has 0 amide bonds. The molecule has 0 aliphatic carbocycles. The van der Waals surface area contributed by atoms with Crippen LogP contribution in [0.4, 0.5) is 4.53 Å². The molecular formula is C6H11FO4. The van der Waals surface area contributed by atoms with Gasteiger partial charge in [0, 0.05) is 6.42 Å². The van der Waals surface area contributed by atoms with Crippen molar-refractivity contribution in [1.82, 2.24) is 0 Å². The molecule has 0 aromatic rings. The first-order valence-corrected chi connectivity index (χ1v) is 3.44. The van der Waals surface area contributed by atoms with Crippen molar-refractivity contribution in [2.24, 2.45) is 0 Å². The Balaban J connectivity index is 2.47. The Hall–Kier alpha value is -0.230. The van der Waals surface area contributed by atoms with E-state index in [9.17, 15) is 4.53 Å². The van der Waals surface area contributed by atoms with Gasteiger partial charge >= 0.3 is 0 Å². The molecule has 0 spiro atoms. The lowest BCUT2D eigenvalue weighted by Gasteiger charge is -2.32. The van der Waals surface area contributed by atoms with E-state index >= 15 is 0 Å². The van der Waals surface area contributed by atoms with Crippen molar-refractivity contribution in [3.05, 3.63) is 0 Å². The number of halogens is 1. The molecule has 5 heteroatoms. The first kappa shape index (κ1) is 8.86. The van der Waals surface area contributed by atoms with Crippen LogP contribution in [0.5, 0.6) is 0 Å². The van der Waals surface area contributed by atoms with Gasteiger partial charge in [-0.25, -0.2) is 0 Å². The maximum absolute atomic E-state index is 11.5. The van der Waals surface area contributed by atoms with Gasteiger partial charge in [-0.3, -0.25) is 0 Å². The highest BCUT2D eigenvalue weighted by Gasteiger charge is 2.34. The van der Waals surface area contributed by atoms with E-state index in [4.69, 9.17) is 14.9 Å². The van der Waals surface area contributed by atoms with Gasteiger partial charge in [-0.2, -0.15) is 4.94 Å². The summed E-state index contributed by atoms with van der Waals surface area (Å²) in [4.78, 5) is 3.39. The fourth-order valence-corrected chi connectivity index (χ4v) is 1.08. The number of aliphatic hydroxyl groups excluding tert-OH is 2. The molecule has 4 atom stereocenters. The van der Waals surface area contributed by atoms with E-state index in [-0.39, 0.29) is 6.42 Å². The highest BCUT2D eigenvalue weighted by atomic mass is 19.3. The smallest absolute Gasteiger partial charge is 0.199 e. The first-order valence-electron chi connectivity index (χ1n) is 3.44. The predicted molar refractivity (Wildman–Crippen MR) is 33.2 cm³/mol. The van der Waals surface area contributed by atoms with Crippen LogP contribution in [-0.2, 0) is 9.68 Å². The summed E-state index contributed by atoms with van der Waals surface area (Å²) in [5.74, 6) is 0. The quantitative estimate of drug-likeness (QED) is 0.563. The number of aliphatic hydroxyl groups is 2. The summed E-state index contributed by atoms with van der Waals surface area (Å²) in [6.07, 6.45) is -3.62. The molecule has 1 aliphatic heterocycles. The third kappa shape index (κ3) is 1.87. The van der Waals surface area contributed by atoms with Crippen LogP contribution in [0, 0.1) is 0 Å². The van der Waals surface area contributed by atoms with E-state index in [0.29, 0.717) is 0 Å². The fraction of sp³-hybridized carbons (Fsp3) is 1.00. The summed E-state index contributed by atoms with van der Waals surface area (Å²) < 4.78 is 16.3. The minimum atomic E-state index is -1.05. The van der Waals surface area contributed by atoms with E-state index in [0.717, 1.165) is 0 Å². The zero-order chi connectivity index (χ0) is 8.43. The molecule has 0 bridgehead atoms. The monoisotopic (exact) mass is 166 g/mol. The van der Waals surface area contributed by atoms with Crippen molar-refractivity contribution in [2.45, 2.75) is 37.9 Å². The summed E-state index contributed by atoms with van der Waals surface area (Å²) in [5, 5.41) is 18.2.